The van der Waals surface area contributed by atoms with E-state index in [1.54, 1.807) is 30.3 Å². The molecule has 2 rings (SSSR count). The Bertz CT molecular complexity index is 876. The van der Waals surface area contributed by atoms with Gasteiger partial charge in [0.15, 0.2) is 0 Å². The van der Waals surface area contributed by atoms with Gasteiger partial charge in [0.2, 0.25) is 11.8 Å². The van der Waals surface area contributed by atoms with E-state index in [4.69, 9.17) is 0 Å². The number of rotatable bonds is 7. The predicted molar refractivity (Wildman–Crippen MR) is 96.9 cm³/mol. The van der Waals surface area contributed by atoms with Gasteiger partial charge in [-0.25, -0.2) is 0 Å². The maximum Gasteiger partial charge on any atom is 0.416 e. The molecule has 0 saturated heterocycles. The zero-order valence-corrected chi connectivity index (χ0v) is 15.0. The molecule has 0 bridgehead atoms. The van der Waals surface area contributed by atoms with Gasteiger partial charge in [0.05, 0.1) is 27.7 Å². The number of carbonyl (C=O) groups is 2. The van der Waals surface area contributed by atoms with Gasteiger partial charge >= 0.3 is 6.18 Å². The first kappa shape index (κ1) is 21.2. The van der Waals surface area contributed by atoms with Crippen LogP contribution in [0.4, 0.5) is 24.5 Å². The highest BCUT2D eigenvalue weighted by Crippen LogP contribution is 2.36. The molecule has 148 valence electrons. The second-order valence-electron chi connectivity index (χ2n) is 5.42. The van der Waals surface area contributed by atoms with E-state index in [-0.39, 0.29) is 17.2 Å². The molecular weight excluding hydrogens is 399 g/mol. The Hall–Kier alpha value is -3.08. The summed E-state index contributed by atoms with van der Waals surface area (Å²) in [6.07, 6.45) is -4.71. The molecule has 7 nitrogen and oxygen atoms in total. The molecule has 0 aliphatic carbocycles. The molecule has 0 unspecified atom stereocenters. The van der Waals surface area contributed by atoms with Crippen molar-refractivity contribution < 1.29 is 27.7 Å². The Kier molecular flexibility index (Phi) is 6.99. The third kappa shape index (κ3) is 6.27. The number of nitro groups is 1. The van der Waals surface area contributed by atoms with Crippen molar-refractivity contribution in [3.8, 4) is 0 Å². The third-order valence-electron chi connectivity index (χ3n) is 3.35. The fraction of sp³-hybridized carbons (Fsp3) is 0.176. The Balaban J connectivity index is 1.90. The van der Waals surface area contributed by atoms with E-state index in [2.05, 4.69) is 10.6 Å². The van der Waals surface area contributed by atoms with E-state index in [0.29, 0.717) is 29.6 Å². The predicted octanol–water partition coefficient (Wildman–Crippen LogP) is 3.46. The maximum absolute atomic E-state index is 12.7. The molecule has 2 N–H and O–H groups in total. The van der Waals surface area contributed by atoms with Crippen LogP contribution in [0.3, 0.4) is 0 Å². The average molecular weight is 413 g/mol. The summed E-state index contributed by atoms with van der Waals surface area (Å²) in [4.78, 5) is 33.5. The van der Waals surface area contributed by atoms with Crippen molar-refractivity contribution in [1.82, 2.24) is 5.32 Å². The van der Waals surface area contributed by atoms with Crippen molar-refractivity contribution in [2.45, 2.75) is 11.1 Å². The van der Waals surface area contributed by atoms with Crippen LogP contribution >= 0.6 is 11.8 Å². The maximum atomic E-state index is 12.7. The van der Waals surface area contributed by atoms with Crippen molar-refractivity contribution in [2.75, 3.05) is 17.6 Å². The molecular formula is C17H14F3N3O4S. The van der Waals surface area contributed by atoms with E-state index in [1.165, 1.54) is 0 Å². The number of nitrogens with one attached hydrogen (secondary N) is 2. The number of carbonyl (C=O) groups excluding carboxylic acids is 2. The third-order valence-corrected chi connectivity index (χ3v) is 4.41. The fourth-order valence-electron chi connectivity index (χ4n) is 2.06. The molecule has 0 spiro atoms. The molecule has 2 aromatic rings. The summed E-state index contributed by atoms with van der Waals surface area (Å²) < 4.78 is 38.0. The van der Waals surface area contributed by atoms with Crippen LogP contribution in [0.2, 0.25) is 0 Å². The summed E-state index contributed by atoms with van der Waals surface area (Å²) in [5.41, 5.74) is -1.34. The van der Waals surface area contributed by atoms with Crippen LogP contribution in [0, 0.1) is 10.1 Å². The smallest absolute Gasteiger partial charge is 0.346 e. The number of anilines is 1. The number of alkyl halides is 3. The zero-order valence-electron chi connectivity index (χ0n) is 14.2. The van der Waals surface area contributed by atoms with Gasteiger partial charge in [-0.15, -0.1) is 11.8 Å². The molecule has 0 aromatic heterocycles. The van der Waals surface area contributed by atoms with Gasteiger partial charge in [-0.1, -0.05) is 18.2 Å². The van der Waals surface area contributed by atoms with Gasteiger partial charge < -0.3 is 10.6 Å². The number of benzene rings is 2. The van der Waals surface area contributed by atoms with E-state index in [0.717, 1.165) is 6.07 Å². The Labute approximate surface area is 161 Å². The minimum atomic E-state index is -4.71. The molecule has 0 saturated carbocycles. The highest BCUT2D eigenvalue weighted by Gasteiger charge is 2.33. The number of thioether (sulfide) groups is 1. The number of hydrogen-bond acceptors (Lipinski definition) is 5. The lowest BCUT2D eigenvalue weighted by Crippen LogP contribution is -2.33. The summed E-state index contributed by atoms with van der Waals surface area (Å²) >= 11 is 0.706. The molecule has 0 atom stereocenters. The van der Waals surface area contributed by atoms with Crippen LogP contribution < -0.4 is 10.6 Å². The van der Waals surface area contributed by atoms with Crippen molar-refractivity contribution in [1.29, 1.82) is 0 Å². The van der Waals surface area contributed by atoms with E-state index < -0.39 is 34.2 Å². The van der Waals surface area contributed by atoms with E-state index in [1.807, 2.05) is 0 Å². The standard InChI is InChI=1S/C17H14F3N3O4S/c18-17(19,20)11-6-7-14(13(8-11)23(26)27)28-10-16(25)21-9-15(24)22-12-4-2-1-3-5-12/h1-8H,9-10H2,(H,21,25)(H,22,24). The quantitative estimate of drug-likeness (QED) is 0.411. The molecule has 28 heavy (non-hydrogen) atoms. The van der Waals surface area contributed by atoms with Crippen molar-refractivity contribution in [2.24, 2.45) is 0 Å². The second kappa shape index (κ2) is 9.22. The van der Waals surface area contributed by atoms with E-state index in [9.17, 15) is 32.9 Å². The SMILES string of the molecule is O=C(CSc1ccc(C(F)(F)F)cc1[N+](=O)[O-])NCC(=O)Nc1ccccc1. The summed E-state index contributed by atoms with van der Waals surface area (Å²) in [5, 5.41) is 15.9. The lowest BCUT2D eigenvalue weighted by molar-refractivity contribution is -0.388. The molecule has 2 amide bonds. The largest absolute Gasteiger partial charge is 0.416 e. The lowest BCUT2D eigenvalue weighted by atomic mass is 10.2. The van der Waals surface area contributed by atoms with Crippen molar-refractivity contribution in [3.05, 3.63) is 64.2 Å². The summed E-state index contributed by atoms with van der Waals surface area (Å²) in [6, 6.07) is 10.6. The first-order chi connectivity index (χ1) is 13.2. The van der Waals surface area contributed by atoms with Crippen LogP contribution in [0.1, 0.15) is 5.56 Å². The molecule has 0 fully saturated rings. The first-order valence-electron chi connectivity index (χ1n) is 7.77. The highest BCUT2D eigenvalue weighted by molar-refractivity contribution is 8.00. The Morgan fingerprint density at radius 2 is 1.75 bits per heavy atom. The number of hydrogen-bond donors (Lipinski definition) is 2. The number of nitro benzene ring substituents is 1. The highest BCUT2D eigenvalue weighted by atomic mass is 32.2. The zero-order chi connectivity index (χ0) is 20.7. The van der Waals surface area contributed by atoms with Crippen molar-refractivity contribution in [3.63, 3.8) is 0 Å². The van der Waals surface area contributed by atoms with Crippen molar-refractivity contribution >= 4 is 35.0 Å². The van der Waals surface area contributed by atoms with Crippen LogP contribution in [-0.2, 0) is 15.8 Å². The molecule has 0 aliphatic heterocycles. The molecule has 0 radical (unpaired) electrons. The number of amides is 2. The number of nitrogens with zero attached hydrogens (tertiary/aromatic N) is 1. The molecule has 0 heterocycles. The summed E-state index contributed by atoms with van der Waals surface area (Å²) in [6.45, 7) is -0.316. The second-order valence-corrected chi connectivity index (χ2v) is 6.43. The van der Waals surface area contributed by atoms with Crippen LogP contribution in [0.25, 0.3) is 0 Å². The lowest BCUT2D eigenvalue weighted by Gasteiger charge is -2.09. The first-order valence-corrected chi connectivity index (χ1v) is 8.75. The molecule has 0 aliphatic rings. The number of para-hydroxylation sites is 1. The van der Waals surface area contributed by atoms with Crippen LogP contribution in [0.5, 0.6) is 0 Å². The topological polar surface area (TPSA) is 101 Å². The minimum absolute atomic E-state index is 0.0816. The summed E-state index contributed by atoms with van der Waals surface area (Å²) in [5.74, 6) is -1.36. The van der Waals surface area contributed by atoms with Gasteiger partial charge in [0, 0.05) is 11.8 Å². The normalized spacial score (nSPS) is 11.0. The van der Waals surface area contributed by atoms with Gasteiger partial charge in [0.25, 0.3) is 5.69 Å². The van der Waals surface area contributed by atoms with Gasteiger partial charge in [-0.2, -0.15) is 13.2 Å². The molecule has 2 aromatic carbocycles. The van der Waals surface area contributed by atoms with Gasteiger partial charge in [-0.05, 0) is 24.3 Å². The van der Waals surface area contributed by atoms with Gasteiger partial charge in [-0.3, -0.25) is 19.7 Å². The molecule has 11 heteroatoms. The fourth-order valence-corrected chi connectivity index (χ4v) is 2.89. The summed E-state index contributed by atoms with van der Waals surface area (Å²) in [7, 11) is 0. The van der Waals surface area contributed by atoms with Crippen LogP contribution in [-0.4, -0.2) is 29.0 Å². The van der Waals surface area contributed by atoms with Crippen LogP contribution in [0.15, 0.2) is 53.4 Å². The average Bonchev–Trinajstić information content (AvgIpc) is 2.64. The Morgan fingerprint density at radius 3 is 2.36 bits per heavy atom. The van der Waals surface area contributed by atoms with E-state index >= 15 is 0 Å². The monoisotopic (exact) mass is 413 g/mol. The van der Waals surface area contributed by atoms with Gasteiger partial charge in [0.1, 0.15) is 0 Å². The number of halogens is 3. The minimum Gasteiger partial charge on any atom is -0.346 e. The Morgan fingerprint density at radius 1 is 1.07 bits per heavy atom.